The lowest BCUT2D eigenvalue weighted by Crippen LogP contribution is -2.08. The molecule has 0 amide bonds. The summed E-state index contributed by atoms with van der Waals surface area (Å²) in [5, 5.41) is 11.4. The maximum Gasteiger partial charge on any atom is 0.224 e. The highest BCUT2D eigenvalue weighted by molar-refractivity contribution is 5.81. The third kappa shape index (κ3) is 2.99. The van der Waals surface area contributed by atoms with Gasteiger partial charge >= 0.3 is 0 Å². The lowest BCUT2D eigenvalue weighted by Gasteiger charge is -2.07. The Morgan fingerprint density at radius 1 is 1.00 bits per heavy atom. The Labute approximate surface area is 155 Å². The summed E-state index contributed by atoms with van der Waals surface area (Å²) in [5.74, 6) is 0.600. The molecule has 5 rings (SSSR count). The van der Waals surface area contributed by atoms with Gasteiger partial charge in [-0.15, -0.1) is 0 Å². The van der Waals surface area contributed by atoms with E-state index in [4.69, 9.17) is 0 Å². The lowest BCUT2D eigenvalue weighted by atomic mass is 10.1. The van der Waals surface area contributed by atoms with Gasteiger partial charge in [-0.1, -0.05) is 30.3 Å². The van der Waals surface area contributed by atoms with Gasteiger partial charge in [0.1, 0.15) is 11.8 Å². The lowest BCUT2D eigenvalue weighted by molar-refractivity contribution is 0.983. The highest BCUT2D eigenvalue weighted by atomic mass is 15.2. The number of fused-ring (bicyclic) bond motifs is 2. The molecule has 132 valence electrons. The molecule has 5 aromatic rings. The molecule has 0 saturated heterocycles. The maximum atomic E-state index is 4.66. The summed E-state index contributed by atoms with van der Waals surface area (Å²) in [7, 11) is 0. The Bertz CT molecular complexity index is 1210. The van der Waals surface area contributed by atoms with Gasteiger partial charge in [0.15, 0.2) is 5.65 Å². The number of aromatic nitrogens is 6. The molecule has 0 aliphatic rings. The number of hydrogen-bond donors (Lipinski definition) is 2. The van der Waals surface area contributed by atoms with Crippen molar-refractivity contribution >= 4 is 28.0 Å². The fourth-order valence-corrected chi connectivity index (χ4v) is 3.12. The minimum atomic E-state index is 0.600. The van der Waals surface area contributed by atoms with E-state index >= 15 is 0 Å². The van der Waals surface area contributed by atoms with Crippen LogP contribution < -0.4 is 5.32 Å². The first kappa shape index (κ1) is 15.5. The van der Waals surface area contributed by atoms with Crippen LogP contribution in [0.4, 0.5) is 5.95 Å². The minimum Gasteiger partial charge on any atom is -0.354 e. The summed E-state index contributed by atoms with van der Waals surface area (Å²) >= 11 is 0. The summed E-state index contributed by atoms with van der Waals surface area (Å²) in [6, 6.07) is 16.5. The second kappa shape index (κ2) is 6.53. The summed E-state index contributed by atoms with van der Waals surface area (Å²) in [6.45, 7) is 0.768. The second-order valence-corrected chi connectivity index (χ2v) is 6.32. The van der Waals surface area contributed by atoms with Crippen molar-refractivity contribution in [3.05, 3.63) is 72.8 Å². The van der Waals surface area contributed by atoms with Crippen LogP contribution in [0.15, 0.2) is 67.3 Å². The number of nitrogens with zero attached hydrogens (tertiary/aromatic N) is 5. The molecule has 0 aliphatic heterocycles. The molecule has 0 unspecified atom stereocenters. The van der Waals surface area contributed by atoms with Crippen molar-refractivity contribution in [3.63, 3.8) is 0 Å². The standard InChI is InChI=1S/C20H17N7/c1-2-4-14(5-3-1)8-9-21-20-22-12-18-19(25-20)27(13-23-18)16-7-6-15-11-24-26-17(15)10-16/h1-7,10-13H,8-9H2,(H,24,26)(H,21,22,25). The molecule has 0 spiro atoms. The molecule has 3 aromatic heterocycles. The van der Waals surface area contributed by atoms with Crippen molar-refractivity contribution < 1.29 is 0 Å². The fraction of sp³-hybridized carbons (Fsp3) is 0.100. The van der Waals surface area contributed by atoms with E-state index in [0.29, 0.717) is 5.95 Å². The van der Waals surface area contributed by atoms with Gasteiger partial charge in [-0.05, 0) is 30.2 Å². The molecule has 7 heteroatoms. The zero-order valence-corrected chi connectivity index (χ0v) is 14.5. The van der Waals surface area contributed by atoms with Gasteiger partial charge < -0.3 is 5.32 Å². The van der Waals surface area contributed by atoms with E-state index < -0.39 is 0 Å². The molecule has 0 saturated carbocycles. The van der Waals surface area contributed by atoms with E-state index in [-0.39, 0.29) is 0 Å². The number of benzene rings is 2. The van der Waals surface area contributed by atoms with Crippen molar-refractivity contribution in [3.8, 4) is 5.69 Å². The Morgan fingerprint density at radius 2 is 1.93 bits per heavy atom. The zero-order chi connectivity index (χ0) is 18.1. The molecule has 0 radical (unpaired) electrons. The van der Waals surface area contributed by atoms with Crippen LogP contribution in [0, 0.1) is 0 Å². The summed E-state index contributed by atoms with van der Waals surface area (Å²) in [6.07, 6.45) is 6.24. The van der Waals surface area contributed by atoms with E-state index in [2.05, 4.69) is 42.6 Å². The van der Waals surface area contributed by atoms with Crippen LogP contribution in [0.1, 0.15) is 5.56 Å². The van der Waals surface area contributed by atoms with Crippen molar-refractivity contribution in [1.82, 2.24) is 29.7 Å². The molecule has 7 nitrogen and oxygen atoms in total. The van der Waals surface area contributed by atoms with Gasteiger partial charge in [0.25, 0.3) is 0 Å². The predicted molar refractivity (Wildman–Crippen MR) is 105 cm³/mol. The average Bonchev–Trinajstić information content (AvgIpc) is 3.34. The van der Waals surface area contributed by atoms with E-state index in [9.17, 15) is 0 Å². The second-order valence-electron chi connectivity index (χ2n) is 6.32. The molecule has 0 fully saturated rings. The van der Waals surface area contributed by atoms with Gasteiger partial charge in [0.2, 0.25) is 5.95 Å². The van der Waals surface area contributed by atoms with Crippen molar-refractivity contribution in [2.75, 3.05) is 11.9 Å². The number of rotatable bonds is 5. The largest absolute Gasteiger partial charge is 0.354 e. The number of nitrogens with one attached hydrogen (secondary N) is 2. The average molecular weight is 355 g/mol. The van der Waals surface area contributed by atoms with E-state index in [1.807, 2.05) is 47.2 Å². The smallest absolute Gasteiger partial charge is 0.224 e. The third-order valence-corrected chi connectivity index (χ3v) is 4.53. The third-order valence-electron chi connectivity index (χ3n) is 4.53. The highest BCUT2D eigenvalue weighted by Crippen LogP contribution is 2.20. The SMILES string of the molecule is c1ccc(CCNc2ncc3ncn(-c4ccc5cn[nH]c5c4)c3n2)cc1. The maximum absolute atomic E-state index is 4.66. The van der Waals surface area contributed by atoms with Crippen LogP contribution in [-0.2, 0) is 6.42 Å². The predicted octanol–water partition coefficient (Wildman–Crippen LogP) is 3.35. The molecular weight excluding hydrogens is 338 g/mol. The van der Waals surface area contributed by atoms with Gasteiger partial charge in [-0.2, -0.15) is 10.1 Å². The Hall–Kier alpha value is -3.74. The van der Waals surface area contributed by atoms with Crippen LogP contribution in [-0.4, -0.2) is 36.3 Å². The van der Waals surface area contributed by atoms with Gasteiger partial charge in [0, 0.05) is 11.9 Å². The van der Waals surface area contributed by atoms with E-state index in [0.717, 1.165) is 40.7 Å². The van der Waals surface area contributed by atoms with Crippen LogP contribution in [0.5, 0.6) is 0 Å². The molecule has 2 aromatic carbocycles. The first-order valence-electron chi connectivity index (χ1n) is 8.78. The Balaban J connectivity index is 1.42. The normalized spacial score (nSPS) is 11.3. The number of imidazole rings is 1. The fourth-order valence-electron chi connectivity index (χ4n) is 3.12. The van der Waals surface area contributed by atoms with Crippen LogP contribution in [0.25, 0.3) is 27.8 Å². The Morgan fingerprint density at radius 3 is 2.85 bits per heavy atom. The molecule has 3 heterocycles. The van der Waals surface area contributed by atoms with E-state index in [1.54, 1.807) is 12.5 Å². The quantitative estimate of drug-likeness (QED) is 0.505. The van der Waals surface area contributed by atoms with Crippen molar-refractivity contribution in [2.24, 2.45) is 0 Å². The summed E-state index contributed by atoms with van der Waals surface area (Å²) < 4.78 is 1.96. The molecule has 0 atom stereocenters. The summed E-state index contributed by atoms with van der Waals surface area (Å²) in [4.78, 5) is 13.5. The molecule has 0 bridgehead atoms. The number of H-pyrrole nitrogens is 1. The first-order chi connectivity index (χ1) is 13.4. The topological polar surface area (TPSA) is 84.3 Å². The van der Waals surface area contributed by atoms with Crippen molar-refractivity contribution in [1.29, 1.82) is 0 Å². The summed E-state index contributed by atoms with van der Waals surface area (Å²) in [5.41, 5.74) is 4.76. The van der Waals surface area contributed by atoms with Crippen molar-refractivity contribution in [2.45, 2.75) is 6.42 Å². The van der Waals surface area contributed by atoms with Gasteiger partial charge in [-0.25, -0.2) is 9.97 Å². The molecule has 27 heavy (non-hydrogen) atoms. The van der Waals surface area contributed by atoms with Crippen LogP contribution >= 0.6 is 0 Å². The number of aromatic amines is 1. The highest BCUT2D eigenvalue weighted by Gasteiger charge is 2.09. The van der Waals surface area contributed by atoms with Gasteiger partial charge in [0.05, 0.1) is 23.6 Å². The van der Waals surface area contributed by atoms with Crippen LogP contribution in [0.2, 0.25) is 0 Å². The Kier molecular flexibility index (Phi) is 3.75. The molecule has 2 N–H and O–H groups in total. The van der Waals surface area contributed by atoms with E-state index in [1.165, 1.54) is 5.56 Å². The monoisotopic (exact) mass is 355 g/mol. The molecule has 0 aliphatic carbocycles. The number of anilines is 1. The first-order valence-corrected chi connectivity index (χ1v) is 8.78. The number of hydrogen-bond acceptors (Lipinski definition) is 5. The van der Waals surface area contributed by atoms with Crippen LogP contribution in [0.3, 0.4) is 0 Å². The molecular formula is C20H17N7. The zero-order valence-electron chi connectivity index (χ0n) is 14.5. The minimum absolute atomic E-state index is 0.600. The van der Waals surface area contributed by atoms with Gasteiger partial charge in [-0.3, -0.25) is 9.67 Å².